The number of piperidine rings is 1. The zero-order chi connectivity index (χ0) is 20.9. The lowest BCUT2D eigenvalue weighted by molar-refractivity contribution is -0.136. The third kappa shape index (κ3) is 3.44. The third-order valence-electron chi connectivity index (χ3n) is 5.74. The molecule has 158 valence electrons. The number of hydrogen-bond acceptors (Lipinski definition) is 5. The van der Waals surface area contributed by atoms with Crippen molar-refractivity contribution in [3.05, 3.63) is 35.4 Å². The van der Waals surface area contributed by atoms with Gasteiger partial charge in [0.2, 0.25) is 0 Å². The van der Waals surface area contributed by atoms with Crippen LogP contribution in [0, 0.1) is 5.92 Å². The molecule has 0 aromatic carbocycles. The van der Waals surface area contributed by atoms with E-state index in [-0.39, 0.29) is 28.6 Å². The molecule has 30 heavy (non-hydrogen) atoms. The van der Waals surface area contributed by atoms with Gasteiger partial charge in [-0.3, -0.25) is 9.20 Å². The van der Waals surface area contributed by atoms with Crippen molar-refractivity contribution in [3.63, 3.8) is 0 Å². The number of carbonyl (C=O) groups is 1. The molecule has 0 unspecified atom stereocenters. The van der Waals surface area contributed by atoms with E-state index in [0.29, 0.717) is 31.3 Å². The number of alkyl halides is 3. The molecule has 1 saturated carbocycles. The van der Waals surface area contributed by atoms with Gasteiger partial charge in [-0.05, 0) is 44.1 Å². The van der Waals surface area contributed by atoms with Gasteiger partial charge in [-0.2, -0.15) is 13.2 Å². The van der Waals surface area contributed by atoms with Crippen LogP contribution in [0.5, 0.6) is 0 Å². The van der Waals surface area contributed by atoms with Gasteiger partial charge in [-0.25, -0.2) is 0 Å². The van der Waals surface area contributed by atoms with Gasteiger partial charge in [-0.15, -0.1) is 10.2 Å². The molecule has 0 atom stereocenters. The summed E-state index contributed by atoms with van der Waals surface area (Å²) in [7, 11) is 0. The maximum atomic E-state index is 14.0. The van der Waals surface area contributed by atoms with Crippen molar-refractivity contribution >= 4 is 11.6 Å². The van der Waals surface area contributed by atoms with Crippen LogP contribution in [0.2, 0.25) is 0 Å². The molecule has 2 fully saturated rings. The van der Waals surface area contributed by atoms with Crippen LogP contribution in [0.15, 0.2) is 22.9 Å². The summed E-state index contributed by atoms with van der Waals surface area (Å²) in [5.74, 6) is 0.539. The Labute approximate surface area is 169 Å². The predicted molar refractivity (Wildman–Crippen MR) is 99.7 cm³/mol. The minimum absolute atomic E-state index is 0.00999. The Hall–Kier alpha value is -2.91. The summed E-state index contributed by atoms with van der Waals surface area (Å²) in [5, 5.41) is 11.6. The molecule has 2 aliphatic rings. The van der Waals surface area contributed by atoms with Crippen LogP contribution in [0.1, 0.15) is 54.0 Å². The van der Waals surface area contributed by atoms with Crippen molar-refractivity contribution in [2.45, 2.75) is 44.7 Å². The van der Waals surface area contributed by atoms with Gasteiger partial charge in [0.1, 0.15) is 11.4 Å². The number of carbonyl (C=O) groups excluding carboxylic acids is 1. The molecule has 1 aliphatic heterocycles. The van der Waals surface area contributed by atoms with Crippen molar-refractivity contribution in [1.82, 2.24) is 24.7 Å². The van der Waals surface area contributed by atoms with E-state index < -0.39 is 11.7 Å². The number of nitrogens with zero attached hydrogens (tertiary/aromatic N) is 5. The van der Waals surface area contributed by atoms with Crippen LogP contribution in [0.3, 0.4) is 0 Å². The lowest BCUT2D eigenvalue weighted by atomic mass is 10.1. The Kier molecular flexibility index (Phi) is 4.52. The molecule has 3 aromatic heterocycles. The number of halogens is 3. The summed E-state index contributed by atoms with van der Waals surface area (Å²) in [5.41, 5.74) is -1.40. The van der Waals surface area contributed by atoms with Gasteiger partial charge in [0.15, 0.2) is 17.1 Å². The highest BCUT2D eigenvalue weighted by molar-refractivity contribution is 5.93. The van der Waals surface area contributed by atoms with Crippen molar-refractivity contribution < 1.29 is 22.5 Å². The van der Waals surface area contributed by atoms with Gasteiger partial charge < -0.3 is 9.42 Å². The molecule has 5 rings (SSSR count). The summed E-state index contributed by atoms with van der Waals surface area (Å²) in [6.45, 7) is 1.23. The molecule has 0 N–H and O–H groups in total. The molecule has 0 radical (unpaired) electrons. The molecule has 4 heterocycles. The summed E-state index contributed by atoms with van der Waals surface area (Å²) >= 11 is 0. The highest BCUT2D eigenvalue weighted by atomic mass is 19.4. The van der Waals surface area contributed by atoms with Crippen LogP contribution in [-0.2, 0) is 12.6 Å². The largest absolute Gasteiger partial charge is 0.420 e. The van der Waals surface area contributed by atoms with E-state index in [9.17, 15) is 18.0 Å². The van der Waals surface area contributed by atoms with E-state index in [1.54, 1.807) is 4.90 Å². The lowest BCUT2D eigenvalue weighted by Crippen LogP contribution is -2.35. The van der Waals surface area contributed by atoms with E-state index in [1.807, 2.05) is 0 Å². The first-order valence-electron chi connectivity index (χ1n) is 10.1. The van der Waals surface area contributed by atoms with Gasteiger partial charge in [-0.1, -0.05) is 5.16 Å². The smallest absolute Gasteiger partial charge is 0.355 e. The first-order chi connectivity index (χ1) is 14.4. The van der Waals surface area contributed by atoms with Gasteiger partial charge in [0, 0.05) is 37.3 Å². The molecular formula is C20H20F3N5O2. The second-order valence-corrected chi connectivity index (χ2v) is 7.99. The average molecular weight is 419 g/mol. The molecular weight excluding hydrogens is 399 g/mol. The van der Waals surface area contributed by atoms with E-state index in [2.05, 4.69) is 15.4 Å². The normalized spacial score (nSPS) is 17.6. The van der Waals surface area contributed by atoms with Crippen LogP contribution in [-0.4, -0.2) is 43.7 Å². The number of amides is 1. The Balaban J connectivity index is 1.54. The van der Waals surface area contributed by atoms with Crippen molar-refractivity contribution in [1.29, 1.82) is 0 Å². The topological polar surface area (TPSA) is 76.5 Å². The quantitative estimate of drug-likeness (QED) is 0.639. The number of likely N-dealkylation sites (tertiary alicyclic amines) is 1. The second-order valence-electron chi connectivity index (χ2n) is 7.99. The summed E-state index contributed by atoms with van der Waals surface area (Å²) in [6.07, 6.45) is 2.44. The number of aromatic nitrogens is 4. The molecule has 10 heteroatoms. The monoisotopic (exact) mass is 419 g/mol. The van der Waals surface area contributed by atoms with Crippen LogP contribution < -0.4 is 0 Å². The van der Waals surface area contributed by atoms with Crippen LogP contribution >= 0.6 is 0 Å². The number of hydrogen-bond donors (Lipinski definition) is 0. The second kappa shape index (κ2) is 7.10. The number of pyridine rings is 1. The summed E-state index contributed by atoms with van der Waals surface area (Å²) in [4.78, 5) is 14.3. The molecule has 1 aliphatic carbocycles. The Morgan fingerprint density at radius 3 is 2.63 bits per heavy atom. The van der Waals surface area contributed by atoms with E-state index in [1.165, 1.54) is 22.7 Å². The Morgan fingerprint density at radius 1 is 1.17 bits per heavy atom. The van der Waals surface area contributed by atoms with Crippen molar-refractivity contribution in [2.24, 2.45) is 5.92 Å². The Morgan fingerprint density at radius 2 is 1.93 bits per heavy atom. The zero-order valence-corrected chi connectivity index (χ0v) is 16.2. The SMILES string of the molecule is O=C(c1cc(-c2ccn3c(CC4CC4)nnc3c2C(F)(F)F)on1)N1CCCCC1. The number of fused-ring (bicyclic) bond motifs is 1. The summed E-state index contributed by atoms with van der Waals surface area (Å²) < 4.78 is 48.5. The minimum atomic E-state index is -4.68. The average Bonchev–Trinajstić information content (AvgIpc) is 3.25. The fraction of sp³-hybridized carbons (Fsp3) is 0.500. The predicted octanol–water partition coefficient (Wildman–Crippen LogP) is 3.98. The highest BCUT2D eigenvalue weighted by Crippen LogP contribution is 2.40. The maximum Gasteiger partial charge on any atom is 0.420 e. The Bertz CT molecular complexity index is 1090. The first-order valence-corrected chi connectivity index (χ1v) is 10.1. The van der Waals surface area contributed by atoms with Crippen LogP contribution in [0.25, 0.3) is 17.0 Å². The van der Waals surface area contributed by atoms with Crippen molar-refractivity contribution in [2.75, 3.05) is 13.1 Å². The van der Waals surface area contributed by atoms with Crippen LogP contribution in [0.4, 0.5) is 13.2 Å². The summed E-state index contributed by atoms with van der Waals surface area (Å²) in [6, 6.07) is 2.60. The van der Waals surface area contributed by atoms with Gasteiger partial charge in [0.05, 0.1) is 0 Å². The lowest BCUT2D eigenvalue weighted by Gasteiger charge is -2.25. The molecule has 3 aromatic rings. The van der Waals surface area contributed by atoms with E-state index in [4.69, 9.17) is 4.52 Å². The fourth-order valence-electron chi connectivity index (χ4n) is 3.97. The van der Waals surface area contributed by atoms with E-state index in [0.717, 1.165) is 32.1 Å². The molecule has 7 nitrogen and oxygen atoms in total. The standard InChI is InChI=1S/C20H20F3N5O2/c21-20(22,23)17-13(6-9-28-16(10-12-4-5-12)24-25-18(17)28)15-11-14(26-30-15)19(29)27-7-2-1-3-8-27/h6,9,11-12H,1-5,7-8,10H2. The third-order valence-corrected chi connectivity index (χ3v) is 5.74. The van der Waals surface area contributed by atoms with E-state index >= 15 is 0 Å². The zero-order valence-electron chi connectivity index (χ0n) is 16.2. The first kappa shape index (κ1) is 19.1. The molecule has 0 bridgehead atoms. The number of rotatable bonds is 4. The van der Waals surface area contributed by atoms with Crippen molar-refractivity contribution in [3.8, 4) is 11.3 Å². The maximum absolute atomic E-state index is 14.0. The fourth-order valence-corrected chi connectivity index (χ4v) is 3.97. The molecule has 1 amide bonds. The highest BCUT2D eigenvalue weighted by Gasteiger charge is 2.39. The van der Waals surface area contributed by atoms with Gasteiger partial charge >= 0.3 is 6.18 Å². The minimum Gasteiger partial charge on any atom is -0.355 e. The van der Waals surface area contributed by atoms with Gasteiger partial charge in [0.25, 0.3) is 5.91 Å². The molecule has 1 saturated heterocycles. The molecule has 0 spiro atoms.